The summed E-state index contributed by atoms with van der Waals surface area (Å²) in [6, 6.07) is 6.07. The summed E-state index contributed by atoms with van der Waals surface area (Å²) in [5.74, 6) is 0. The van der Waals surface area contributed by atoms with Gasteiger partial charge in [-0.25, -0.2) is 0 Å². The average Bonchev–Trinajstić information content (AvgIpc) is 2.20. The van der Waals surface area contributed by atoms with Gasteiger partial charge in [0.05, 0.1) is 5.69 Å². The van der Waals surface area contributed by atoms with E-state index in [4.69, 9.17) is 0 Å². The Labute approximate surface area is 78.7 Å². The fourth-order valence-corrected chi connectivity index (χ4v) is 1.64. The number of hydrogen-bond donors (Lipinski definition) is 1. The Kier molecular flexibility index (Phi) is 2.41. The maximum atomic E-state index is 4.35. The highest BCUT2D eigenvalue weighted by Gasteiger charge is 2.10. The lowest BCUT2D eigenvalue weighted by Gasteiger charge is -2.18. The van der Waals surface area contributed by atoms with Gasteiger partial charge in [0.25, 0.3) is 0 Å². The third kappa shape index (κ3) is 1.78. The molecule has 0 fully saturated rings. The molecule has 0 spiro atoms. The van der Waals surface area contributed by atoms with E-state index in [2.05, 4.69) is 23.3 Å². The van der Waals surface area contributed by atoms with Gasteiger partial charge in [-0.1, -0.05) is 11.6 Å². The maximum Gasteiger partial charge on any atom is 0.0674 e. The predicted octanol–water partition coefficient (Wildman–Crippen LogP) is 1.85. The Morgan fingerprint density at radius 2 is 2.31 bits per heavy atom. The molecule has 2 nitrogen and oxygen atoms in total. The summed E-state index contributed by atoms with van der Waals surface area (Å²) >= 11 is 0. The van der Waals surface area contributed by atoms with Gasteiger partial charge in [-0.3, -0.25) is 4.98 Å². The maximum absolute atomic E-state index is 4.35. The topological polar surface area (TPSA) is 24.9 Å². The first kappa shape index (κ1) is 8.45. The second-order valence-electron chi connectivity index (χ2n) is 3.40. The Hall–Kier alpha value is -1.15. The molecule has 0 saturated carbocycles. The standard InChI is InChI=1S/C11H14N2/c1-9-5-7-12-8-10(9)11-4-2-3-6-13-11/h2-4,6,12H,5,7-8H2,1H3. The fourth-order valence-electron chi connectivity index (χ4n) is 1.64. The highest BCUT2D eigenvalue weighted by atomic mass is 14.9. The number of nitrogens with one attached hydrogen (secondary N) is 1. The van der Waals surface area contributed by atoms with Crippen LogP contribution >= 0.6 is 0 Å². The lowest BCUT2D eigenvalue weighted by atomic mass is 10.00. The van der Waals surface area contributed by atoms with Gasteiger partial charge in [-0.05, 0) is 37.6 Å². The summed E-state index contributed by atoms with van der Waals surface area (Å²) in [5.41, 5.74) is 3.96. The van der Waals surface area contributed by atoms with Crippen LogP contribution in [0.4, 0.5) is 0 Å². The molecule has 2 rings (SSSR count). The molecule has 0 saturated heterocycles. The van der Waals surface area contributed by atoms with Crippen molar-refractivity contribution in [1.82, 2.24) is 10.3 Å². The number of rotatable bonds is 1. The number of nitrogens with zero attached hydrogens (tertiary/aromatic N) is 1. The van der Waals surface area contributed by atoms with Crippen molar-refractivity contribution >= 4 is 5.57 Å². The number of hydrogen-bond acceptors (Lipinski definition) is 2. The predicted molar refractivity (Wildman–Crippen MR) is 54.3 cm³/mol. The molecular weight excluding hydrogens is 160 g/mol. The molecule has 2 heteroatoms. The molecule has 0 bridgehead atoms. The van der Waals surface area contributed by atoms with Crippen molar-refractivity contribution in [3.05, 3.63) is 35.7 Å². The van der Waals surface area contributed by atoms with E-state index in [-0.39, 0.29) is 0 Å². The molecule has 0 radical (unpaired) electrons. The first-order chi connectivity index (χ1) is 6.38. The van der Waals surface area contributed by atoms with Crippen LogP contribution in [0.25, 0.3) is 5.57 Å². The smallest absolute Gasteiger partial charge is 0.0674 e. The SMILES string of the molecule is CC1=C(c2ccccn2)CNCC1. The zero-order valence-corrected chi connectivity index (χ0v) is 7.88. The van der Waals surface area contributed by atoms with E-state index in [9.17, 15) is 0 Å². The molecule has 1 aliphatic rings. The molecule has 13 heavy (non-hydrogen) atoms. The van der Waals surface area contributed by atoms with Crippen LogP contribution in [0, 0.1) is 0 Å². The van der Waals surface area contributed by atoms with E-state index in [0.717, 1.165) is 25.2 Å². The van der Waals surface area contributed by atoms with E-state index in [1.54, 1.807) is 0 Å². The van der Waals surface area contributed by atoms with Crippen molar-refractivity contribution in [1.29, 1.82) is 0 Å². The number of pyridine rings is 1. The van der Waals surface area contributed by atoms with Gasteiger partial charge in [-0.15, -0.1) is 0 Å². The van der Waals surface area contributed by atoms with E-state index >= 15 is 0 Å². The Morgan fingerprint density at radius 3 is 3.00 bits per heavy atom. The molecule has 1 aliphatic heterocycles. The van der Waals surface area contributed by atoms with Gasteiger partial charge in [0, 0.05) is 12.7 Å². The quantitative estimate of drug-likeness (QED) is 0.702. The molecule has 0 unspecified atom stereocenters. The molecule has 1 aromatic rings. The van der Waals surface area contributed by atoms with Crippen molar-refractivity contribution in [2.75, 3.05) is 13.1 Å². The Balaban J connectivity index is 2.35. The third-order valence-electron chi connectivity index (χ3n) is 2.47. The lowest BCUT2D eigenvalue weighted by Crippen LogP contribution is -2.24. The first-order valence-corrected chi connectivity index (χ1v) is 4.68. The zero-order valence-electron chi connectivity index (χ0n) is 7.88. The van der Waals surface area contributed by atoms with Crippen LogP contribution in [-0.2, 0) is 0 Å². The summed E-state index contributed by atoms with van der Waals surface area (Å²) in [7, 11) is 0. The van der Waals surface area contributed by atoms with Crippen LogP contribution in [0.2, 0.25) is 0 Å². The minimum Gasteiger partial charge on any atom is -0.312 e. The minimum absolute atomic E-state index is 0.961. The molecule has 0 aliphatic carbocycles. The summed E-state index contributed by atoms with van der Waals surface area (Å²) in [5, 5.41) is 3.37. The first-order valence-electron chi connectivity index (χ1n) is 4.68. The van der Waals surface area contributed by atoms with Gasteiger partial charge in [0.2, 0.25) is 0 Å². The monoisotopic (exact) mass is 174 g/mol. The van der Waals surface area contributed by atoms with Crippen LogP contribution in [0.15, 0.2) is 30.0 Å². The fraction of sp³-hybridized carbons (Fsp3) is 0.364. The molecule has 0 amide bonds. The zero-order chi connectivity index (χ0) is 9.10. The normalized spacial score (nSPS) is 17.6. The molecule has 68 valence electrons. The second-order valence-corrected chi connectivity index (χ2v) is 3.40. The van der Waals surface area contributed by atoms with E-state index in [1.807, 2.05) is 18.3 Å². The summed E-state index contributed by atoms with van der Waals surface area (Å²) in [6.45, 7) is 4.26. The summed E-state index contributed by atoms with van der Waals surface area (Å²) in [4.78, 5) is 4.35. The highest BCUT2D eigenvalue weighted by molar-refractivity contribution is 5.67. The highest BCUT2D eigenvalue weighted by Crippen LogP contribution is 2.20. The van der Waals surface area contributed by atoms with Crippen molar-refractivity contribution < 1.29 is 0 Å². The molecule has 0 atom stereocenters. The largest absolute Gasteiger partial charge is 0.312 e. The third-order valence-corrected chi connectivity index (χ3v) is 2.47. The summed E-state index contributed by atoms with van der Waals surface area (Å²) in [6.07, 6.45) is 3.00. The van der Waals surface area contributed by atoms with Crippen molar-refractivity contribution in [2.24, 2.45) is 0 Å². The molecule has 1 aromatic heterocycles. The van der Waals surface area contributed by atoms with Crippen molar-refractivity contribution in [3.63, 3.8) is 0 Å². The van der Waals surface area contributed by atoms with Crippen LogP contribution in [0.1, 0.15) is 19.0 Å². The Morgan fingerprint density at radius 1 is 1.38 bits per heavy atom. The molecule has 2 heterocycles. The number of aromatic nitrogens is 1. The van der Waals surface area contributed by atoms with Gasteiger partial charge < -0.3 is 5.32 Å². The van der Waals surface area contributed by atoms with Crippen molar-refractivity contribution in [3.8, 4) is 0 Å². The van der Waals surface area contributed by atoms with Gasteiger partial charge in [-0.2, -0.15) is 0 Å². The Bertz CT molecular complexity index is 314. The van der Waals surface area contributed by atoms with Crippen LogP contribution in [0.5, 0.6) is 0 Å². The van der Waals surface area contributed by atoms with Crippen LogP contribution in [0.3, 0.4) is 0 Å². The van der Waals surface area contributed by atoms with E-state index in [1.165, 1.54) is 11.1 Å². The van der Waals surface area contributed by atoms with Crippen LogP contribution in [-0.4, -0.2) is 18.1 Å². The van der Waals surface area contributed by atoms with Gasteiger partial charge in [0.1, 0.15) is 0 Å². The average molecular weight is 174 g/mol. The molecule has 1 N–H and O–H groups in total. The van der Waals surface area contributed by atoms with E-state index in [0.29, 0.717) is 0 Å². The van der Waals surface area contributed by atoms with Gasteiger partial charge in [0.15, 0.2) is 0 Å². The minimum atomic E-state index is 0.961. The van der Waals surface area contributed by atoms with E-state index < -0.39 is 0 Å². The molecular formula is C11H14N2. The second kappa shape index (κ2) is 3.71. The lowest BCUT2D eigenvalue weighted by molar-refractivity contribution is 0.713. The van der Waals surface area contributed by atoms with Gasteiger partial charge >= 0.3 is 0 Å². The van der Waals surface area contributed by atoms with Crippen molar-refractivity contribution in [2.45, 2.75) is 13.3 Å². The summed E-state index contributed by atoms with van der Waals surface area (Å²) < 4.78 is 0. The molecule has 0 aromatic carbocycles. The van der Waals surface area contributed by atoms with Crippen LogP contribution < -0.4 is 5.32 Å².